The molecule has 1 amide bonds. The van der Waals surface area contributed by atoms with Crippen molar-refractivity contribution in [2.45, 2.75) is 25.3 Å². The molecule has 20 heavy (non-hydrogen) atoms. The summed E-state index contributed by atoms with van der Waals surface area (Å²) in [7, 11) is 0. The van der Waals surface area contributed by atoms with Crippen LogP contribution >= 0.6 is 12.4 Å². The van der Waals surface area contributed by atoms with Crippen molar-refractivity contribution in [3.05, 3.63) is 47.2 Å². The van der Waals surface area contributed by atoms with Gasteiger partial charge >= 0.3 is 0 Å². The molecule has 0 bridgehead atoms. The maximum absolute atomic E-state index is 12.1. The largest absolute Gasteiger partial charge is 0.338 e. The number of carbonyl (C=O) groups is 1. The Labute approximate surface area is 122 Å². The summed E-state index contributed by atoms with van der Waals surface area (Å²) in [6.07, 6.45) is 0.992. The van der Waals surface area contributed by atoms with Crippen molar-refractivity contribution < 1.29 is 9.32 Å². The van der Waals surface area contributed by atoms with E-state index >= 15 is 0 Å². The molecule has 0 aliphatic heterocycles. The molecule has 1 saturated carbocycles. The van der Waals surface area contributed by atoms with Crippen molar-refractivity contribution in [2.24, 2.45) is 5.73 Å². The van der Waals surface area contributed by atoms with E-state index in [2.05, 4.69) is 10.5 Å². The average molecular weight is 294 g/mol. The first kappa shape index (κ1) is 14.6. The van der Waals surface area contributed by atoms with Gasteiger partial charge in [-0.2, -0.15) is 0 Å². The van der Waals surface area contributed by atoms with E-state index in [0.717, 1.165) is 17.7 Å². The molecule has 5 nitrogen and oxygen atoms in total. The molecule has 106 valence electrons. The van der Waals surface area contributed by atoms with Gasteiger partial charge in [-0.25, -0.2) is 0 Å². The number of halogens is 1. The Morgan fingerprint density at radius 2 is 2.20 bits per heavy atom. The molecule has 0 saturated heterocycles. The van der Waals surface area contributed by atoms with Crippen LogP contribution in [0.1, 0.15) is 34.0 Å². The van der Waals surface area contributed by atoms with Gasteiger partial charge in [0.15, 0.2) is 0 Å². The number of hydrogen-bond acceptors (Lipinski definition) is 4. The first-order valence-electron chi connectivity index (χ1n) is 6.23. The number of hydrogen-bond donors (Lipinski definition) is 2. The molecular weight excluding hydrogens is 278 g/mol. The number of nitrogens with zero attached hydrogens (tertiary/aromatic N) is 1. The molecule has 6 heteroatoms. The van der Waals surface area contributed by atoms with Gasteiger partial charge in [0.05, 0.1) is 5.69 Å². The SMILES string of the molecule is Cc1cc(NC(=O)c2cccc([C@@H]3C[C@H]3N)c2)on1.Cl. The van der Waals surface area contributed by atoms with Gasteiger partial charge in [0, 0.05) is 23.6 Å². The molecule has 1 aromatic carbocycles. The third-order valence-electron chi connectivity index (χ3n) is 3.28. The van der Waals surface area contributed by atoms with Crippen LogP contribution in [0.5, 0.6) is 0 Å². The summed E-state index contributed by atoms with van der Waals surface area (Å²) in [5.41, 5.74) is 8.28. The highest BCUT2D eigenvalue weighted by Gasteiger charge is 2.34. The van der Waals surface area contributed by atoms with Crippen LogP contribution in [-0.2, 0) is 0 Å². The minimum absolute atomic E-state index is 0. The summed E-state index contributed by atoms with van der Waals surface area (Å²) in [5, 5.41) is 6.40. The summed E-state index contributed by atoms with van der Waals surface area (Å²) < 4.78 is 4.96. The number of nitrogens with one attached hydrogen (secondary N) is 1. The number of anilines is 1. The standard InChI is InChI=1S/C14H15N3O2.ClH/c1-8-5-13(19-17-8)16-14(18)10-4-2-3-9(6-10)11-7-12(11)15;/h2-6,11-12H,7,15H2,1H3,(H,16,18);1H/t11-,12+;/m0./s1. The van der Waals surface area contributed by atoms with Crippen LogP contribution in [0.4, 0.5) is 5.88 Å². The topological polar surface area (TPSA) is 81.2 Å². The first-order chi connectivity index (χ1) is 9.13. The minimum atomic E-state index is -0.202. The third-order valence-corrected chi connectivity index (χ3v) is 3.28. The Hall–Kier alpha value is -1.85. The molecule has 3 rings (SSSR count). The summed E-state index contributed by atoms with van der Waals surface area (Å²) in [4.78, 5) is 12.1. The predicted molar refractivity (Wildman–Crippen MR) is 78.2 cm³/mol. The van der Waals surface area contributed by atoms with Gasteiger partial charge in [-0.1, -0.05) is 17.3 Å². The van der Waals surface area contributed by atoms with Gasteiger partial charge < -0.3 is 10.3 Å². The predicted octanol–water partition coefficient (Wildman–Crippen LogP) is 2.47. The van der Waals surface area contributed by atoms with Crippen molar-refractivity contribution in [3.8, 4) is 0 Å². The Morgan fingerprint density at radius 1 is 1.45 bits per heavy atom. The number of amides is 1. The highest BCUT2D eigenvalue weighted by Crippen LogP contribution is 2.39. The van der Waals surface area contributed by atoms with E-state index in [-0.39, 0.29) is 24.4 Å². The zero-order chi connectivity index (χ0) is 13.4. The van der Waals surface area contributed by atoms with Gasteiger partial charge in [-0.3, -0.25) is 10.1 Å². The summed E-state index contributed by atoms with van der Waals surface area (Å²) in [5.74, 6) is 0.545. The van der Waals surface area contributed by atoms with Crippen molar-refractivity contribution in [1.82, 2.24) is 5.16 Å². The van der Waals surface area contributed by atoms with E-state index in [1.807, 2.05) is 18.2 Å². The summed E-state index contributed by atoms with van der Waals surface area (Å²) in [6, 6.07) is 9.45. The molecule has 0 radical (unpaired) electrons. The molecule has 1 heterocycles. The zero-order valence-corrected chi connectivity index (χ0v) is 11.8. The van der Waals surface area contributed by atoms with E-state index in [0.29, 0.717) is 17.4 Å². The second kappa shape index (κ2) is 5.64. The lowest BCUT2D eigenvalue weighted by Crippen LogP contribution is -2.11. The molecule has 1 aliphatic rings. The molecule has 2 aromatic rings. The normalized spacial score (nSPS) is 20.1. The zero-order valence-electron chi connectivity index (χ0n) is 11.0. The number of rotatable bonds is 3. The average Bonchev–Trinajstić information content (AvgIpc) is 3.00. The fraction of sp³-hybridized carbons (Fsp3) is 0.286. The Morgan fingerprint density at radius 3 is 2.80 bits per heavy atom. The summed E-state index contributed by atoms with van der Waals surface area (Å²) >= 11 is 0. The molecule has 3 N–H and O–H groups in total. The molecule has 0 spiro atoms. The van der Waals surface area contributed by atoms with E-state index in [4.69, 9.17) is 10.3 Å². The lowest BCUT2D eigenvalue weighted by atomic mass is 10.1. The first-order valence-corrected chi connectivity index (χ1v) is 6.23. The smallest absolute Gasteiger partial charge is 0.258 e. The second-order valence-corrected chi connectivity index (χ2v) is 4.92. The molecule has 0 unspecified atom stereocenters. The highest BCUT2D eigenvalue weighted by molar-refractivity contribution is 6.03. The molecule has 1 fully saturated rings. The fourth-order valence-electron chi connectivity index (χ4n) is 2.12. The monoisotopic (exact) mass is 293 g/mol. The van der Waals surface area contributed by atoms with E-state index in [1.165, 1.54) is 0 Å². The van der Waals surface area contributed by atoms with Crippen LogP contribution < -0.4 is 11.1 Å². The Balaban J connectivity index is 0.00000147. The maximum Gasteiger partial charge on any atom is 0.258 e. The van der Waals surface area contributed by atoms with Crippen LogP contribution in [0.3, 0.4) is 0 Å². The summed E-state index contributed by atoms with van der Waals surface area (Å²) in [6.45, 7) is 1.80. The number of aromatic nitrogens is 1. The van der Waals surface area contributed by atoms with Crippen molar-refractivity contribution in [3.63, 3.8) is 0 Å². The Bertz CT molecular complexity index is 626. The highest BCUT2D eigenvalue weighted by atomic mass is 35.5. The van der Waals surface area contributed by atoms with Crippen LogP contribution in [0.2, 0.25) is 0 Å². The number of nitrogens with two attached hydrogens (primary N) is 1. The van der Waals surface area contributed by atoms with Crippen molar-refractivity contribution in [1.29, 1.82) is 0 Å². The Kier molecular flexibility index (Phi) is 4.11. The lowest BCUT2D eigenvalue weighted by molar-refractivity contribution is 0.102. The van der Waals surface area contributed by atoms with E-state index in [1.54, 1.807) is 19.1 Å². The third kappa shape index (κ3) is 3.00. The minimum Gasteiger partial charge on any atom is -0.338 e. The van der Waals surface area contributed by atoms with Gasteiger partial charge in [-0.15, -0.1) is 12.4 Å². The van der Waals surface area contributed by atoms with E-state index < -0.39 is 0 Å². The van der Waals surface area contributed by atoms with Crippen LogP contribution in [-0.4, -0.2) is 17.1 Å². The molecular formula is C14H16ClN3O2. The molecule has 1 aromatic heterocycles. The number of carbonyl (C=O) groups excluding carboxylic acids is 1. The van der Waals surface area contributed by atoms with Gasteiger partial charge in [-0.05, 0) is 31.0 Å². The van der Waals surface area contributed by atoms with Crippen LogP contribution in [0, 0.1) is 6.92 Å². The fourth-order valence-corrected chi connectivity index (χ4v) is 2.12. The van der Waals surface area contributed by atoms with Crippen molar-refractivity contribution >= 4 is 24.2 Å². The van der Waals surface area contributed by atoms with E-state index in [9.17, 15) is 4.79 Å². The van der Waals surface area contributed by atoms with Gasteiger partial charge in [0.1, 0.15) is 0 Å². The van der Waals surface area contributed by atoms with Gasteiger partial charge in [0.25, 0.3) is 5.91 Å². The quantitative estimate of drug-likeness (QED) is 0.911. The van der Waals surface area contributed by atoms with Crippen molar-refractivity contribution in [2.75, 3.05) is 5.32 Å². The maximum atomic E-state index is 12.1. The second-order valence-electron chi connectivity index (χ2n) is 4.92. The van der Waals surface area contributed by atoms with Gasteiger partial charge in [0.2, 0.25) is 5.88 Å². The number of benzene rings is 1. The van der Waals surface area contributed by atoms with Crippen LogP contribution in [0.15, 0.2) is 34.9 Å². The van der Waals surface area contributed by atoms with Crippen LogP contribution in [0.25, 0.3) is 0 Å². The lowest BCUT2D eigenvalue weighted by Gasteiger charge is -2.04. The molecule has 2 atom stereocenters. The number of aryl methyl sites for hydroxylation is 1. The molecule has 1 aliphatic carbocycles.